The van der Waals surface area contributed by atoms with Crippen molar-refractivity contribution in [1.82, 2.24) is 9.78 Å². The Morgan fingerprint density at radius 1 is 1.28 bits per heavy atom. The molecule has 0 aliphatic heterocycles. The molecule has 0 fully saturated rings. The summed E-state index contributed by atoms with van der Waals surface area (Å²) >= 11 is 0. The minimum absolute atomic E-state index is 0.373. The molecule has 0 unspecified atom stereocenters. The number of nitrogens with two attached hydrogens (primary N) is 1. The summed E-state index contributed by atoms with van der Waals surface area (Å²) in [6, 6.07) is 9.54. The van der Waals surface area contributed by atoms with Crippen LogP contribution in [0.15, 0.2) is 36.5 Å². The average molecular weight is 241 g/mol. The predicted molar refractivity (Wildman–Crippen MR) is 69.9 cm³/mol. The molecule has 1 aromatic carbocycles. The summed E-state index contributed by atoms with van der Waals surface area (Å²) in [5.41, 5.74) is 7.16. The first-order chi connectivity index (χ1) is 8.78. The van der Waals surface area contributed by atoms with Gasteiger partial charge < -0.3 is 10.5 Å². The monoisotopic (exact) mass is 241 g/mol. The molecule has 0 saturated carbocycles. The van der Waals surface area contributed by atoms with Gasteiger partial charge in [-0.3, -0.25) is 4.68 Å². The minimum atomic E-state index is 0.373. The van der Waals surface area contributed by atoms with Gasteiger partial charge in [-0.25, -0.2) is 0 Å². The Morgan fingerprint density at radius 2 is 2.06 bits per heavy atom. The van der Waals surface area contributed by atoms with Crippen molar-refractivity contribution >= 4 is 0 Å². The third kappa shape index (κ3) is 3.37. The van der Waals surface area contributed by atoms with Crippen molar-refractivity contribution in [3.05, 3.63) is 47.8 Å². The van der Waals surface area contributed by atoms with Gasteiger partial charge in [0, 0.05) is 18.8 Å². The molecule has 0 atom stereocenters. The lowest BCUT2D eigenvalue weighted by Gasteiger charge is -2.03. The normalized spacial score (nSPS) is 9.67. The topological polar surface area (TPSA) is 53.1 Å². The second-order valence-corrected chi connectivity index (χ2v) is 3.80. The van der Waals surface area contributed by atoms with E-state index in [0.717, 1.165) is 17.0 Å². The zero-order chi connectivity index (χ0) is 12.8. The van der Waals surface area contributed by atoms with Crippen molar-refractivity contribution in [2.45, 2.75) is 6.61 Å². The Labute approximate surface area is 106 Å². The number of ether oxygens (including phenoxy) is 1. The van der Waals surface area contributed by atoms with Gasteiger partial charge in [0.2, 0.25) is 0 Å². The van der Waals surface area contributed by atoms with Crippen LogP contribution in [-0.2, 0) is 13.7 Å². The van der Waals surface area contributed by atoms with Crippen LogP contribution in [0.25, 0.3) is 0 Å². The van der Waals surface area contributed by atoms with Gasteiger partial charge in [0.1, 0.15) is 12.4 Å². The van der Waals surface area contributed by atoms with E-state index in [1.165, 1.54) is 0 Å². The average Bonchev–Trinajstić information content (AvgIpc) is 2.81. The number of aryl methyl sites for hydroxylation is 1. The summed E-state index contributed by atoms with van der Waals surface area (Å²) in [7, 11) is 1.88. The minimum Gasteiger partial charge on any atom is -0.487 e. The molecule has 0 aliphatic carbocycles. The molecule has 1 aromatic heterocycles. The summed E-state index contributed by atoms with van der Waals surface area (Å²) in [5, 5.41) is 4.24. The van der Waals surface area contributed by atoms with Crippen molar-refractivity contribution in [3.8, 4) is 17.6 Å². The molecule has 2 rings (SSSR count). The maximum absolute atomic E-state index is 5.62. The molecular weight excluding hydrogens is 226 g/mol. The van der Waals surface area contributed by atoms with E-state index in [9.17, 15) is 0 Å². The highest BCUT2D eigenvalue weighted by Gasteiger charge is 1.98. The first-order valence-corrected chi connectivity index (χ1v) is 5.68. The van der Waals surface area contributed by atoms with Gasteiger partial charge in [-0.15, -0.1) is 0 Å². The fourth-order valence-electron chi connectivity index (χ4n) is 1.49. The van der Waals surface area contributed by atoms with Crippen molar-refractivity contribution in [1.29, 1.82) is 0 Å². The van der Waals surface area contributed by atoms with E-state index in [4.69, 9.17) is 10.5 Å². The van der Waals surface area contributed by atoms with Gasteiger partial charge in [-0.05, 0) is 30.3 Å². The molecule has 0 spiro atoms. The van der Waals surface area contributed by atoms with E-state index >= 15 is 0 Å². The van der Waals surface area contributed by atoms with E-state index in [1.807, 2.05) is 43.6 Å². The van der Waals surface area contributed by atoms with Gasteiger partial charge in [0.15, 0.2) is 0 Å². The van der Waals surface area contributed by atoms with Crippen LogP contribution < -0.4 is 10.5 Å². The lowest BCUT2D eigenvalue weighted by atomic mass is 10.2. The zero-order valence-electron chi connectivity index (χ0n) is 10.3. The maximum Gasteiger partial charge on any atom is 0.132 e. The number of rotatable bonds is 3. The van der Waals surface area contributed by atoms with E-state index in [2.05, 4.69) is 16.9 Å². The molecule has 4 heteroatoms. The van der Waals surface area contributed by atoms with Crippen LogP contribution in [0.4, 0.5) is 0 Å². The molecule has 0 saturated heterocycles. The molecule has 2 aromatic rings. The molecule has 0 radical (unpaired) electrons. The molecule has 4 nitrogen and oxygen atoms in total. The van der Waals surface area contributed by atoms with Crippen molar-refractivity contribution in [3.63, 3.8) is 0 Å². The first-order valence-electron chi connectivity index (χ1n) is 5.68. The van der Waals surface area contributed by atoms with E-state index in [-0.39, 0.29) is 0 Å². The lowest BCUT2D eigenvalue weighted by molar-refractivity contribution is 0.300. The van der Waals surface area contributed by atoms with Crippen molar-refractivity contribution in [2.24, 2.45) is 12.8 Å². The van der Waals surface area contributed by atoms with Gasteiger partial charge in [0.25, 0.3) is 0 Å². The summed E-state index contributed by atoms with van der Waals surface area (Å²) < 4.78 is 7.37. The van der Waals surface area contributed by atoms with Crippen LogP contribution in [0.1, 0.15) is 11.3 Å². The molecular formula is C14H15N3O. The van der Waals surface area contributed by atoms with Crippen molar-refractivity contribution in [2.75, 3.05) is 6.54 Å². The van der Waals surface area contributed by atoms with Crippen LogP contribution in [-0.4, -0.2) is 16.3 Å². The highest BCUT2D eigenvalue weighted by Crippen LogP contribution is 2.13. The second kappa shape index (κ2) is 5.89. The molecule has 1 heterocycles. The van der Waals surface area contributed by atoms with Crippen LogP contribution >= 0.6 is 0 Å². The van der Waals surface area contributed by atoms with Gasteiger partial charge in [0.05, 0.1) is 12.2 Å². The van der Waals surface area contributed by atoms with Crippen LogP contribution in [0, 0.1) is 11.8 Å². The zero-order valence-corrected chi connectivity index (χ0v) is 10.3. The van der Waals surface area contributed by atoms with E-state index in [0.29, 0.717) is 13.2 Å². The molecule has 18 heavy (non-hydrogen) atoms. The van der Waals surface area contributed by atoms with E-state index in [1.54, 1.807) is 4.68 Å². The Balaban J connectivity index is 1.94. The molecule has 2 N–H and O–H groups in total. The molecule has 92 valence electrons. The summed E-state index contributed by atoms with van der Waals surface area (Å²) in [6.45, 7) is 0.840. The highest BCUT2D eigenvalue weighted by atomic mass is 16.5. The Hall–Kier alpha value is -2.25. The number of hydrogen-bond acceptors (Lipinski definition) is 3. The molecule has 0 amide bonds. The van der Waals surface area contributed by atoms with Gasteiger partial charge in [-0.1, -0.05) is 11.8 Å². The Bertz CT molecular complexity index is 561. The maximum atomic E-state index is 5.62. The summed E-state index contributed by atoms with van der Waals surface area (Å²) in [5.74, 6) is 6.58. The Morgan fingerprint density at radius 3 is 2.67 bits per heavy atom. The Kier molecular flexibility index (Phi) is 4.00. The standard InChI is InChI=1S/C14H15N3O/c1-17-10-8-13(16-17)11-18-14-6-4-12(5-7-14)3-2-9-15/h4-8,10H,9,11,15H2,1H3. The number of hydrogen-bond donors (Lipinski definition) is 1. The smallest absolute Gasteiger partial charge is 0.132 e. The van der Waals surface area contributed by atoms with Crippen LogP contribution in [0.3, 0.4) is 0 Å². The third-order valence-corrected chi connectivity index (χ3v) is 2.34. The quantitative estimate of drug-likeness (QED) is 0.824. The predicted octanol–water partition coefficient (Wildman–Crippen LogP) is 1.31. The fourth-order valence-corrected chi connectivity index (χ4v) is 1.49. The van der Waals surface area contributed by atoms with Gasteiger partial charge in [-0.2, -0.15) is 5.10 Å². The number of nitrogens with zero attached hydrogens (tertiary/aromatic N) is 2. The SMILES string of the molecule is Cn1ccc(COc2ccc(C#CCN)cc2)n1. The first kappa shape index (κ1) is 12.2. The van der Waals surface area contributed by atoms with E-state index < -0.39 is 0 Å². The second-order valence-electron chi connectivity index (χ2n) is 3.80. The van der Waals surface area contributed by atoms with Crippen LogP contribution in [0.5, 0.6) is 5.75 Å². The number of benzene rings is 1. The summed E-state index contributed by atoms with van der Waals surface area (Å²) in [6.07, 6.45) is 1.89. The largest absolute Gasteiger partial charge is 0.487 e. The van der Waals surface area contributed by atoms with Gasteiger partial charge >= 0.3 is 0 Å². The van der Waals surface area contributed by atoms with Crippen molar-refractivity contribution < 1.29 is 4.74 Å². The third-order valence-electron chi connectivity index (χ3n) is 2.34. The van der Waals surface area contributed by atoms with Crippen LogP contribution in [0.2, 0.25) is 0 Å². The summed E-state index contributed by atoms with van der Waals surface area (Å²) in [4.78, 5) is 0. The molecule has 0 aliphatic rings. The highest BCUT2D eigenvalue weighted by molar-refractivity contribution is 5.38. The fraction of sp³-hybridized carbons (Fsp3) is 0.214. The lowest BCUT2D eigenvalue weighted by Crippen LogP contribution is -1.97. The molecule has 0 bridgehead atoms. The number of aromatic nitrogens is 2.